The Labute approximate surface area is 160 Å². The molecule has 1 aromatic rings. The second kappa shape index (κ2) is 6.71. The van der Waals surface area contributed by atoms with Gasteiger partial charge >= 0.3 is 29.7 Å². The molecule has 1 aliphatic carbocycles. The highest BCUT2D eigenvalue weighted by Crippen LogP contribution is 2.63. The van der Waals surface area contributed by atoms with Crippen molar-refractivity contribution in [3.8, 4) is 6.01 Å². The Bertz CT molecular complexity index is 854. The molecule has 4 rings (SSSR count). The predicted molar refractivity (Wildman–Crippen MR) is 74.2 cm³/mol. The van der Waals surface area contributed by atoms with Crippen LogP contribution in [0.15, 0.2) is 12.3 Å². The summed E-state index contributed by atoms with van der Waals surface area (Å²) in [6.07, 6.45) is -5.83. The Morgan fingerprint density at radius 2 is 1.60 bits per heavy atom. The minimum absolute atomic E-state index is 0.0967. The average molecular weight is 457 g/mol. The van der Waals surface area contributed by atoms with Gasteiger partial charge in [0.1, 0.15) is 12.2 Å². The molecule has 3 N–H and O–H groups in total. The van der Waals surface area contributed by atoms with Gasteiger partial charge in [0, 0.05) is 6.20 Å². The minimum atomic E-state index is -6.40. The molecule has 0 radical (unpaired) electrons. The zero-order valence-corrected chi connectivity index (χ0v) is 14.3. The van der Waals surface area contributed by atoms with Crippen LogP contribution in [-0.2, 0) is 4.74 Å². The smallest absolute Gasteiger partial charge is 0.381 e. The average Bonchev–Trinajstić information content (AvgIpc) is 3.17. The third-order valence-corrected chi connectivity index (χ3v) is 4.71. The van der Waals surface area contributed by atoms with Gasteiger partial charge in [-0.15, -0.1) is 0 Å². The Morgan fingerprint density at radius 3 is 2.03 bits per heavy atom. The van der Waals surface area contributed by atoms with E-state index in [4.69, 9.17) is 20.0 Å². The number of nitrogens with zero attached hydrogens (tertiary/aromatic N) is 2. The normalized spacial score (nSPS) is 34.5. The number of fused-ring (bicyclic) bond motifs is 3. The molecular weight excluding hydrogens is 445 g/mol. The summed E-state index contributed by atoms with van der Waals surface area (Å²) in [7, 11) is 0. The van der Waals surface area contributed by atoms with Gasteiger partial charge in [0.2, 0.25) is 6.17 Å². The molecule has 4 atom stereocenters. The molecule has 0 bridgehead atoms. The van der Waals surface area contributed by atoms with E-state index in [0.717, 1.165) is 0 Å². The lowest BCUT2D eigenvalue weighted by molar-refractivity contribution is -0.303. The fourth-order valence-corrected chi connectivity index (χ4v) is 3.00. The molecule has 16 heteroatoms. The van der Waals surface area contributed by atoms with Crippen molar-refractivity contribution in [3.05, 3.63) is 17.8 Å². The van der Waals surface area contributed by atoms with Gasteiger partial charge in [-0.2, -0.15) is 40.1 Å². The fraction of sp³-hybridized carbons (Fsp3) is 0.714. The molecule has 30 heavy (non-hydrogen) atoms. The van der Waals surface area contributed by atoms with Gasteiger partial charge in [-0.1, -0.05) is 0 Å². The van der Waals surface area contributed by atoms with Crippen LogP contribution in [0, 0.1) is 5.41 Å². The van der Waals surface area contributed by atoms with E-state index in [1.54, 1.807) is 10.8 Å². The van der Waals surface area contributed by atoms with E-state index in [1.807, 2.05) is 0 Å². The second-order valence-electron chi connectivity index (χ2n) is 6.58. The minimum Gasteiger partial charge on any atom is -0.454 e. The van der Waals surface area contributed by atoms with Gasteiger partial charge in [0.05, 0.1) is 6.61 Å². The molecular formula is C14H12F9N3O4. The fourth-order valence-electron chi connectivity index (χ4n) is 3.00. The highest BCUT2D eigenvalue weighted by atomic mass is 19.4. The molecule has 1 aromatic heterocycles. The van der Waals surface area contributed by atoms with Crippen LogP contribution in [0.25, 0.3) is 0 Å². The lowest BCUT2D eigenvalue weighted by atomic mass is 10.1. The molecule has 0 spiro atoms. The molecule has 1 saturated heterocycles. The third-order valence-electron chi connectivity index (χ3n) is 4.71. The molecule has 7 nitrogen and oxygen atoms in total. The summed E-state index contributed by atoms with van der Waals surface area (Å²) in [6, 6.07) is 1.77. The molecule has 0 amide bonds. The number of aliphatic hydroxyl groups is 2. The van der Waals surface area contributed by atoms with E-state index in [1.165, 1.54) is 6.07 Å². The summed E-state index contributed by atoms with van der Waals surface area (Å²) in [5.41, 5.74) is 0.0967. The lowest BCUT2D eigenvalue weighted by Gasteiger charge is -2.23. The van der Waals surface area contributed by atoms with E-state index in [2.05, 4.69) is 4.98 Å². The van der Waals surface area contributed by atoms with Crippen LogP contribution in [0.5, 0.6) is 6.01 Å². The highest BCUT2D eigenvalue weighted by molar-refractivity contribution is 5.18. The number of halogens is 9. The third kappa shape index (κ3) is 2.80. The van der Waals surface area contributed by atoms with Crippen molar-refractivity contribution in [2.45, 2.75) is 54.4 Å². The topological polar surface area (TPSA) is 101 Å². The number of aromatic nitrogens is 2. The van der Waals surface area contributed by atoms with Gasteiger partial charge in [-0.3, -0.25) is 9.98 Å². The number of rotatable bonds is 1. The largest absolute Gasteiger partial charge is 0.454 e. The number of alkyl halides is 9. The first-order chi connectivity index (χ1) is 13.6. The number of nitrogens with one attached hydrogen (secondary N) is 1. The van der Waals surface area contributed by atoms with Crippen molar-refractivity contribution in [1.29, 1.82) is 5.41 Å². The van der Waals surface area contributed by atoms with Crippen molar-refractivity contribution in [2.75, 3.05) is 6.61 Å². The predicted octanol–water partition coefficient (Wildman–Crippen LogP) is 1.25. The number of hydrogen-bond acceptors (Lipinski definition) is 6. The molecule has 0 aromatic carbocycles. The maximum atomic E-state index is 12.0. The second-order valence-corrected chi connectivity index (χ2v) is 6.58. The van der Waals surface area contributed by atoms with Crippen LogP contribution < -0.4 is 10.2 Å². The Balaban J connectivity index is 0.000000173. The highest BCUT2D eigenvalue weighted by Gasteiger charge is 2.94. The summed E-state index contributed by atoms with van der Waals surface area (Å²) < 4.78 is 121. The summed E-state index contributed by atoms with van der Waals surface area (Å²) >= 11 is 0. The van der Waals surface area contributed by atoms with Crippen molar-refractivity contribution in [2.24, 2.45) is 0 Å². The summed E-state index contributed by atoms with van der Waals surface area (Å²) in [6.45, 7) is -0.253. The van der Waals surface area contributed by atoms with E-state index in [-0.39, 0.29) is 18.1 Å². The van der Waals surface area contributed by atoms with E-state index in [0.29, 0.717) is 0 Å². The maximum Gasteiger partial charge on any atom is 0.381 e. The molecule has 0 unspecified atom stereocenters. The first kappa shape index (κ1) is 22.6. The monoisotopic (exact) mass is 457 g/mol. The molecule has 3 aliphatic rings. The Morgan fingerprint density at radius 1 is 1.07 bits per heavy atom. The number of ether oxygens (including phenoxy) is 2. The Hall–Kier alpha value is -2.07. The van der Waals surface area contributed by atoms with Crippen LogP contribution in [-0.4, -0.2) is 74.5 Å². The van der Waals surface area contributed by atoms with Gasteiger partial charge < -0.3 is 19.7 Å². The lowest BCUT2D eigenvalue weighted by Crippen LogP contribution is -2.51. The number of aliphatic hydroxyl groups excluding tert-OH is 2. The SMILES string of the molecule is FC1C(F)(F)C(F)(F)C(F)(F)C1(F)F.N=c1ccn2c(n1)O[C@H]1[C@H](O)[C@@H](CO)O[C@H]12. The zero-order chi connectivity index (χ0) is 22.9. The van der Waals surface area contributed by atoms with Gasteiger partial charge in [0.15, 0.2) is 17.8 Å². The van der Waals surface area contributed by atoms with Crippen LogP contribution in [0.1, 0.15) is 6.23 Å². The van der Waals surface area contributed by atoms with Crippen molar-refractivity contribution < 1.29 is 59.2 Å². The van der Waals surface area contributed by atoms with Crippen LogP contribution in [0.3, 0.4) is 0 Å². The van der Waals surface area contributed by atoms with Crippen molar-refractivity contribution in [1.82, 2.24) is 9.55 Å². The number of hydrogen-bond donors (Lipinski definition) is 3. The zero-order valence-electron chi connectivity index (χ0n) is 14.3. The molecule has 170 valence electrons. The van der Waals surface area contributed by atoms with E-state index < -0.39 is 54.4 Å². The first-order valence-electron chi connectivity index (χ1n) is 8.01. The van der Waals surface area contributed by atoms with Crippen LogP contribution in [0.4, 0.5) is 39.5 Å². The molecule has 1 saturated carbocycles. The summed E-state index contributed by atoms with van der Waals surface area (Å²) in [5.74, 6) is -25.0. The Kier molecular flexibility index (Phi) is 5.06. The maximum absolute atomic E-state index is 12.0. The van der Waals surface area contributed by atoms with Gasteiger partial charge in [0.25, 0.3) is 0 Å². The van der Waals surface area contributed by atoms with Crippen molar-refractivity contribution in [3.63, 3.8) is 0 Å². The van der Waals surface area contributed by atoms with E-state index in [9.17, 15) is 44.6 Å². The van der Waals surface area contributed by atoms with Crippen LogP contribution in [0.2, 0.25) is 0 Å². The summed E-state index contributed by atoms with van der Waals surface area (Å²) in [4.78, 5) is 3.88. The quantitative estimate of drug-likeness (QED) is 0.552. The molecule has 3 heterocycles. The molecule has 2 fully saturated rings. The van der Waals surface area contributed by atoms with Crippen LogP contribution >= 0.6 is 0 Å². The first-order valence-corrected chi connectivity index (χ1v) is 8.01. The van der Waals surface area contributed by atoms with Gasteiger partial charge in [-0.25, -0.2) is 4.39 Å². The molecule has 2 aliphatic heterocycles. The summed E-state index contributed by atoms with van der Waals surface area (Å²) in [5, 5.41) is 26.1. The van der Waals surface area contributed by atoms with Gasteiger partial charge in [-0.05, 0) is 6.07 Å². The standard InChI is InChI=1S/C9H11N3O4.C5HF9/c10-5-1-2-12-8-7(16-9(12)11-5)6(14)4(3-13)15-8;6-1-2(7,8)4(11,12)5(13,14)3(1,9)10/h1-2,4,6-8,10,13-14H,3H2;1H/t4-,6-,7+,8-;/m1./s1. The van der Waals surface area contributed by atoms with E-state index >= 15 is 0 Å². The van der Waals surface area contributed by atoms with Crippen molar-refractivity contribution >= 4 is 0 Å².